The van der Waals surface area contributed by atoms with E-state index in [0.717, 1.165) is 33.0 Å². The predicted octanol–water partition coefficient (Wildman–Crippen LogP) is 2.71. The minimum Gasteiger partial charge on any atom is -0.395 e. The van der Waals surface area contributed by atoms with Crippen molar-refractivity contribution in [2.45, 2.75) is 36.7 Å². The quantitative estimate of drug-likeness (QED) is 0.915. The molecule has 2 heterocycles. The number of rotatable bonds is 3. The van der Waals surface area contributed by atoms with Crippen LogP contribution < -0.4 is 5.73 Å². The molecule has 2 aromatic rings. The second kappa shape index (κ2) is 4.47. The van der Waals surface area contributed by atoms with Crippen LogP contribution in [0.15, 0.2) is 14.7 Å². The Labute approximate surface area is 103 Å². The zero-order valence-corrected chi connectivity index (χ0v) is 11.2. The third-order valence-corrected chi connectivity index (χ3v) is 4.39. The molecule has 2 aromatic heterocycles. The van der Waals surface area contributed by atoms with Crippen molar-refractivity contribution >= 4 is 28.8 Å². The third-order valence-electron chi connectivity index (χ3n) is 2.21. The fourth-order valence-corrected chi connectivity index (χ4v) is 3.34. The molecule has 0 fully saturated rings. The maximum Gasteiger partial charge on any atom is 0.156 e. The van der Waals surface area contributed by atoms with Gasteiger partial charge in [0.2, 0.25) is 0 Å². The second-order valence-electron chi connectivity index (χ2n) is 3.48. The van der Waals surface area contributed by atoms with Gasteiger partial charge in [0.15, 0.2) is 4.34 Å². The Morgan fingerprint density at radius 3 is 2.81 bits per heavy atom. The monoisotopic (exact) mass is 254 g/mol. The number of aromatic nitrogens is 3. The molecule has 0 aliphatic rings. The fraction of sp³-hybridized carbons (Fsp3) is 0.400. The van der Waals surface area contributed by atoms with Gasteiger partial charge in [-0.05, 0) is 32.5 Å². The fourth-order valence-electron chi connectivity index (χ4n) is 1.36. The third kappa shape index (κ3) is 2.08. The summed E-state index contributed by atoms with van der Waals surface area (Å²) < 4.78 is 2.94. The molecule has 0 aliphatic carbocycles. The molecular formula is C10H14N4S2. The first-order valence-electron chi connectivity index (χ1n) is 5.04. The lowest BCUT2D eigenvalue weighted by Crippen LogP contribution is -1.98. The van der Waals surface area contributed by atoms with Gasteiger partial charge in [-0.2, -0.15) is 5.10 Å². The van der Waals surface area contributed by atoms with Crippen LogP contribution in [0.1, 0.15) is 18.3 Å². The minimum absolute atomic E-state index is 0.764. The molecule has 0 amide bonds. The molecule has 86 valence electrons. The summed E-state index contributed by atoms with van der Waals surface area (Å²) in [6.45, 7) is 6.80. The lowest BCUT2D eigenvalue weighted by atomic mass is 10.4. The van der Waals surface area contributed by atoms with Crippen LogP contribution in [0.2, 0.25) is 0 Å². The van der Waals surface area contributed by atoms with Crippen LogP contribution >= 0.6 is 23.1 Å². The normalized spacial score (nSPS) is 10.9. The molecule has 16 heavy (non-hydrogen) atoms. The van der Waals surface area contributed by atoms with Crippen LogP contribution in [-0.2, 0) is 6.54 Å². The number of nitrogens with zero attached hydrogens (tertiary/aromatic N) is 3. The van der Waals surface area contributed by atoms with Crippen LogP contribution in [-0.4, -0.2) is 14.8 Å². The molecule has 0 spiro atoms. The molecule has 4 nitrogen and oxygen atoms in total. The molecule has 0 atom stereocenters. The molecule has 6 heteroatoms. The lowest BCUT2D eigenvalue weighted by Gasteiger charge is -2.02. The van der Waals surface area contributed by atoms with Gasteiger partial charge in [-0.1, -0.05) is 0 Å². The van der Waals surface area contributed by atoms with E-state index < -0.39 is 0 Å². The van der Waals surface area contributed by atoms with E-state index in [1.54, 1.807) is 23.1 Å². The van der Waals surface area contributed by atoms with Gasteiger partial charge in [0.05, 0.1) is 11.4 Å². The number of anilines is 1. The summed E-state index contributed by atoms with van der Waals surface area (Å²) in [6.07, 6.45) is 0. The van der Waals surface area contributed by atoms with Crippen LogP contribution in [0.25, 0.3) is 0 Å². The first-order valence-corrected chi connectivity index (χ1v) is 6.74. The number of nitrogen functional groups attached to an aromatic ring is 1. The van der Waals surface area contributed by atoms with Crippen LogP contribution in [0, 0.1) is 13.8 Å². The number of hydrogen-bond acceptors (Lipinski definition) is 5. The molecule has 2 rings (SSSR count). The SMILES string of the molecule is CCn1nc(C)c(N)c1Sc1nc(C)cs1. The van der Waals surface area contributed by atoms with E-state index in [4.69, 9.17) is 5.73 Å². The van der Waals surface area contributed by atoms with Gasteiger partial charge in [-0.15, -0.1) is 11.3 Å². The summed E-state index contributed by atoms with van der Waals surface area (Å²) in [6, 6.07) is 0. The summed E-state index contributed by atoms with van der Waals surface area (Å²) in [5, 5.41) is 7.41. The summed E-state index contributed by atoms with van der Waals surface area (Å²) in [5.41, 5.74) is 8.70. The molecule has 0 saturated heterocycles. The first kappa shape index (κ1) is 11.5. The highest BCUT2D eigenvalue weighted by molar-refractivity contribution is 8.01. The minimum atomic E-state index is 0.764. The largest absolute Gasteiger partial charge is 0.395 e. The van der Waals surface area contributed by atoms with Crippen LogP contribution in [0.5, 0.6) is 0 Å². The topological polar surface area (TPSA) is 56.7 Å². The number of hydrogen-bond donors (Lipinski definition) is 1. The van der Waals surface area contributed by atoms with Crippen molar-refractivity contribution in [2.75, 3.05) is 5.73 Å². The molecule has 0 saturated carbocycles. The standard InChI is InChI=1S/C10H14N4S2/c1-4-14-9(8(11)7(3)13-14)16-10-12-6(2)5-15-10/h5H,4,11H2,1-3H3. The number of aryl methyl sites for hydroxylation is 3. The van der Waals surface area contributed by atoms with E-state index in [1.165, 1.54) is 0 Å². The first-order chi connectivity index (χ1) is 7.61. The van der Waals surface area contributed by atoms with Gasteiger partial charge in [0.25, 0.3) is 0 Å². The van der Waals surface area contributed by atoms with Crippen molar-refractivity contribution in [1.82, 2.24) is 14.8 Å². The molecular weight excluding hydrogens is 240 g/mol. The maximum absolute atomic E-state index is 6.01. The molecule has 0 radical (unpaired) electrons. The summed E-state index contributed by atoms with van der Waals surface area (Å²) >= 11 is 3.23. The maximum atomic E-state index is 6.01. The van der Waals surface area contributed by atoms with Crippen molar-refractivity contribution in [3.8, 4) is 0 Å². The van der Waals surface area contributed by atoms with Gasteiger partial charge < -0.3 is 5.73 Å². The van der Waals surface area contributed by atoms with Crippen molar-refractivity contribution in [1.29, 1.82) is 0 Å². The van der Waals surface area contributed by atoms with Crippen molar-refractivity contribution < 1.29 is 0 Å². The van der Waals surface area contributed by atoms with Gasteiger partial charge in [0, 0.05) is 17.6 Å². The second-order valence-corrected chi connectivity index (χ2v) is 5.57. The summed E-state index contributed by atoms with van der Waals surface area (Å²) in [7, 11) is 0. The molecule has 0 aliphatic heterocycles. The van der Waals surface area contributed by atoms with E-state index in [9.17, 15) is 0 Å². The van der Waals surface area contributed by atoms with E-state index >= 15 is 0 Å². The number of thiazole rings is 1. The Kier molecular flexibility index (Phi) is 3.20. The zero-order chi connectivity index (χ0) is 11.7. The predicted molar refractivity (Wildman–Crippen MR) is 68.0 cm³/mol. The van der Waals surface area contributed by atoms with Crippen LogP contribution in [0.4, 0.5) is 5.69 Å². The molecule has 2 N–H and O–H groups in total. The lowest BCUT2D eigenvalue weighted by molar-refractivity contribution is 0.602. The molecule has 0 unspecified atom stereocenters. The van der Waals surface area contributed by atoms with E-state index in [-0.39, 0.29) is 0 Å². The highest BCUT2D eigenvalue weighted by Crippen LogP contribution is 2.35. The van der Waals surface area contributed by atoms with Gasteiger partial charge in [-0.25, -0.2) is 4.98 Å². The molecule has 0 aromatic carbocycles. The van der Waals surface area contributed by atoms with Crippen molar-refractivity contribution in [3.63, 3.8) is 0 Å². The van der Waals surface area contributed by atoms with E-state index in [2.05, 4.69) is 17.0 Å². The Morgan fingerprint density at radius 2 is 2.25 bits per heavy atom. The highest BCUT2D eigenvalue weighted by atomic mass is 32.2. The smallest absolute Gasteiger partial charge is 0.156 e. The van der Waals surface area contributed by atoms with E-state index in [1.807, 2.05) is 23.9 Å². The Balaban J connectivity index is 2.33. The highest BCUT2D eigenvalue weighted by Gasteiger charge is 2.14. The Morgan fingerprint density at radius 1 is 1.50 bits per heavy atom. The van der Waals surface area contributed by atoms with Gasteiger partial charge in [0.1, 0.15) is 5.03 Å². The Hall–Kier alpha value is -1.01. The average molecular weight is 254 g/mol. The summed E-state index contributed by atoms with van der Waals surface area (Å²) in [5.74, 6) is 0. The van der Waals surface area contributed by atoms with Crippen LogP contribution in [0.3, 0.4) is 0 Å². The summed E-state index contributed by atoms with van der Waals surface area (Å²) in [4.78, 5) is 4.42. The number of nitrogens with two attached hydrogens (primary N) is 1. The zero-order valence-electron chi connectivity index (χ0n) is 9.52. The van der Waals surface area contributed by atoms with Crippen molar-refractivity contribution in [2.24, 2.45) is 0 Å². The van der Waals surface area contributed by atoms with Gasteiger partial charge in [-0.3, -0.25) is 4.68 Å². The Bertz CT molecular complexity index is 501. The van der Waals surface area contributed by atoms with E-state index in [0.29, 0.717) is 0 Å². The van der Waals surface area contributed by atoms with Crippen molar-refractivity contribution in [3.05, 3.63) is 16.8 Å². The van der Waals surface area contributed by atoms with Gasteiger partial charge >= 0.3 is 0 Å². The average Bonchev–Trinajstić information content (AvgIpc) is 2.77. The molecule has 0 bridgehead atoms.